The first-order chi connectivity index (χ1) is 9.08. The molecule has 1 aliphatic rings. The second kappa shape index (κ2) is 5.96. The molecular formula is C17H28N2. The van der Waals surface area contributed by atoms with Crippen molar-refractivity contribution in [1.82, 2.24) is 0 Å². The minimum atomic E-state index is 0.179. The van der Waals surface area contributed by atoms with E-state index in [9.17, 15) is 0 Å². The molecule has 0 aromatic heterocycles. The monoisotopic (exact) mass is 260 g/mol. The molecule has 19 heavy (non-hydrogen) atoms. The molecule has 0 spiro atoms. The molecule has 2 N–H and O–H groups in total. The zero-order valence-electron chi connectivity index (χ0n) is 12.7. The predicted molar refractivity (Wildman–Crippen MR) is 83.5 cm³/mol. The van der Waals surface area contributed by atoms with E-state index in [0.29, 0.717) is 5.41 Å². The quantitative estimate of drug-likeness (QED) is 0.882. The van der Waals surface area contributed by atoms with Crippen molar-refractivity contribution in [2.75, 3.05) is 18.0 Å². The molecule has 1 atom stereocenters. The fourth-order valence-electron chi connectivity index (χ4n) is 2.83. The highest BCUT2D eigenvalue weighted by atomic mass is 15.1. The lowest BCUT2D eigenvalue weighted by Crippen LogP contribution is -2.38. The van der Waals surface area contributed by atoms with Crippen LogP contribution in [0, 0.1) is 5.41 Å². The van der Waals surface area contributed by atoms with Gasteiger partial charge in [-0.25, -0.2) is 0 Å². The lowest BCUT2D eigenvalue weighted by molar-refractivity contribution is 0.238. The molecule has 0 saturated carbocycles. The number of anilines is 1. The number of nitrogens with two attached hydrogens (primary N) is 1. The van der Waals surface area contributed by atoms with Crippen LogP contribution in [-0.2, 0) is 0 Å². The van der Waals surface area contributed by atoms with Crippen LogP contribution in [0.3, 0.4) is 0 Å². The van der Waals surface area contributed by atoms with E-state index in [2.05, 4.69) is 49.9 Å². The third kappa shape index (κ3) is 3.30. The Labute approximate surface area is 118 Å². The topological polar surface area (TPSA) is 29.3 Å². The Balaban J connectivity index is 2.00. The molecule has 2 nitrogen and oxygen atoms in total. The lowest BCUT2D eigenvalue weighted by Gasteiger charge is -2.40. The first-order valence-corrected chi connectivity index (χ1v) is 7.68. The van der Waals surface area contributed by atoms with Crippen molar-refractivity contribution >= 4 is 5.69 Å². The van der Waals surface area contributed by atoms with Gasteiger partial charge in [0.05, 0.1) is 0 Å². The van der Waals surface area contributed by atoms with Crippen LogP contribution >= 0.6 is 0 Å². The van der Waals surface area contributed by atoms with Crippen LogP contribution in [0.1, 0.15) is 58.1 Å². The standard InChI is InChI=1S/C17H28N2/c1-4-16(18)14-6-8-15(9-7-14)19-12-10-17(3,5-2)11-13-19/h6-9,16H,4-5,10-13,18H2,1-3H3/t16-/m1/s1. The highest BCUT2D eigenvalue weighted by Gasteiger charge is 2.28. The largest absolute Gasteiger partial charge is 0.371 e. The Hall–Kier alpha value is -1.02. The zero-order chi connectivity index (χ0) is 13.9. The van der Waals surface area contributed by atoms with Crippen LogP contribution in [0.5, 0.6) is 0 Å². The van der Waals surface area contributed by atoms with Crippen molar-refractivity contribution in [2.45, 2.75) is 52.5 Å². The fraction of sp³-hybridized carbons (Fsp3) is 0.647. The fourth-order valence-corrected chi connectivity index (χ4v) is 2.83. The molecule has 2 rings (SSSR count). The second-order valence-electron chi connectivity index (χ2n) is 6.26. The maximum atomic E-state index is 6.06. The molecule has 106 valence electrons. The predicted octanol–water partition coefficient (Wildman–Crippen LogP) is 4.11. The molecule has 1 aromatic rings. The van der Waals surface area contributed by atoms with Gasteiger partial charge >= 0.3 is 0 Å². The summed E-state index contributed by atoms with van der Waals surface area (Å²) in [4.78, 5) is 2.51. The van der Waals surface area contributed by atoms with Crippen LogP contribution < -0.4 is 10.6 Å². The van der Waals surface area contributed by atoms with E-state index < -0.39 is 0 Å². The van der Waals surface area contributed by atoms with Crippen LogP contribution in [0.25, 0.3) is 0 Å². The molecular weight excluding hydrogens is 232 g/mol. The third-order valence-corrected chi connectivity index (χ3v) is 4.95. The number of piperidine rings is 1. The number of nitrogens with zero attached hydrogens (tertiary/aromatic N) is 1. The maximum absolute atomic E-state index is 6.06. The molecule has 1 fully saturated rings. The molecule has 1 aromatic carbocycles. The summed E-state index contributed by atoms with van der Waals surface area (Å²) >= 11 is 0. The first-order valence-electron chi connectivity index (χ1n) is 7.68. The third-order valence-electron chi connectivity index (χ3n) is 4.95. The van der Waals surface area contributed by atoms with Gasteiger partial charge in [0.25, 0.3) is 0 Å². The van der Waals surface area contributed by atoms with E-state index in [0.717, 1.165) is 6.42 Å². The summed E-state index contributed by atoms with van der Waals surface area (Å²) in [5.74, 6) is 0. The molecule has 1 heterocycles. The summed E-state index contributed by atoms with van der Waals surface area (Å²) in [5, 5.41) is 0. The molecule has 1 saturated heterocycles. The summed E-state index contributed by atoms with van der Waals surface area (Å²) < 4.78 is 0. The molecule has 1 aliphatic heterocycles. The van der Waals surface area contributed by atoms with Gasteiger partial charge in [-0.2, -0.15) is 0 Å². The average molecular weight is 260 g/mol. The lowest BCUT2D eigenvalue weighted by atomic mass is 9.78. The van der Waals surface area contributed by atoms with Crippen molar-refractivity contribution in [3.8, 4) is 0 Å². The molecule has 0 unspecified atom stereocenters. The van der Waals surface area contributed by atoms with Crippen LogP contribution in [0.2, 0.25) is 0 Å². The molecule has 0 aliphatic carbocycles. The van der Waals surface area contributed by atoms with Gasteiger partial charge < -0.3 is 10.6 Å². The molecule has 2 heteroatoms. The Morgan fingerprint density at radius 2 is 1.74 bits per heavy atom. The van der Waals surface area contributed by atoms with E-state index in [1.807, 2.05) is 0 Å². The highest BCUT2D eigenvalue weighted by Crippen LogP contribution is 2.35. The van der Waals surface area contributed by atoms with Gasteiger partial charge in [-0.3, -0.25) is 0 Å². The van der Waals surface area contributed by atoms with Gasteiger partial charge in [0.2, 0.25) is 0 Å². The van der Waals surface area contributed by atoms with Crippen LogP contribution in [-0.4, -0.2) is 13.1 Å². The summed E-state index contributed by atoms with van der Waals surface area (Å²) in [6.07, 6.45) is 4.91. The Morgan fingerprint density at radius 1 is 1.16 bits per heavy atom. The van der Waals surface area contributed by atoms with Crippen molar-refractivity contribution in [2.24, 2.45) is 11.1 Å². The van der Waals surface area contributed by atoms with Gasteiger partial charge in [0.1, 0.15) is 0 Å². The van der Waals surface area contributed by atoms with E-state index in [1.54, 1.807) is 0 Å². The Kier molecular flexibility index (Phi) is 4.51. The second-order valence-corrected chi connectivity index (χ2v) is 6.26. The van der Waals surface area contributed by atoms with Gasteiger partial charge in [-0.15, -0.1) is 0 Å². The van der Waals surface area contributed by atoms with E-state index in [-0.39, 0.29) is 6.04 Å². The minimum absolute atomic E-state index is 0.179. The van der Waals surface area contributed by atoms with Gasteiger partial charge in [0, 0.05) is 24.8 Å². The van der Waals surface area contributed by atoms with Crippen LogP contribution in [0.15, 0.2) is 24.3 Å². The average Bonchev–Trinajstić information content (AvgIpc) is 2.47. The molecule has 0 bridgehead atoms. The molecule has 0 radical (unpaired) electrons. The van der Waals surface area contributed by atoms with Gasteiger partial charge in [-0.05, 0) is 42.4 Å². The van der Waals surface area contributed by atoms with E-state index in [4.69, 9.17) is 5.73 Å². The number of hydrogen-bond acceptors (Lipinski definition) is 2. The highest BCUT2D eigenvalue weighted by molar-refractivity contribution is 5.48. The van der Waals surface area contributed by atoms with E-state index in [1.165, 1.54) is 43.6 Å². The van der Waals surface area contributed by atoms with E-state index >= 15 is 0 Å². The van der Waals surface area contributed by atoms with Crippen molar-refractivity contribution in [3.05, 3.63) is 29.8 Å². The van der Waals surface area contributed by atoms with Crippen molar-refractivity contribution in [1.29, 1.82) is 0 Å². The number of hydrogen-bond donors (Lipinski definition) is 1. The summed E-state index contributed by atoms with van der Waals surface area (Å²) in [7, 11) is 0. The summed E-state index contributed by atoms with van der Waals surface area (Å²) in [6, 6.07) is 9.03. The summed E-state index contributed by atoms with van der Waals surface area (Å²) in [6.45, 7) is 9.24. The van der Waals surface area contributed by atoms with Crippen LogP contribution in [0.4, 0.5) is 5.69 Å². The molecule has 0 amide bonds. The first kappa shape index (κ1) is 14.4. The van der Waals surface area contributed by atoms with Gasteiger partial charge in [-0.1, -0.05) is 39.3 Å². The Morgan fingerprint density at radius 3 is 2.21 bits per heavy atom. The Bertz CT molecular complexity index is 388. The van der Waals surface area contributed by atoms with Crippen molar-refractivity contribution in [3.63, 3.8) is 0 Å². The minimum Gasteiger partial charge on any atom is -0.371 e. The smallest absolute Gasteiger partial charge is 0.0366 e. The number of rotatable bonds is 4. The normalized spacial score (nSPS) is 20.3. The van der Waals surface area contributed by atoms with Crippen molar-refractivity contribution < 1.29 is 0 Å². The maximum Gasteiger partial charge on any atom is 0.0366 e. The number of benzene rings is 1. The SMILES string of the molecule is CC[C@@H](N)c1ccc(N2CCC(C)(CC)CC2)cc1. The van der Waals surface area contributed by atoms with Gasteiger partial charge in [0.15, 0.2) is 0 Å². The summed E-state index contributed by atoms with van der Waals surface area (Å²) in [5.41, 5.74) is 9.22. The zero-order valence-corrected chi connectivity index (χ0v) is 12.7.